The zero-order valence-corrected chi connectivity index (χ0v) is 11.5. The van der Waals surface area contributed by atoms with Crippen molar-refractivity contribution in [1.82, 2.24) is 10.1 Å². The molecule has 0 saturated carbocycles. The molecular weight excluding hydrogens is 264 g/mol. The number of halogens is 1. The Hall–Kier alpha value is -1.68. The first-order chi connectivity index (χ1) is 9.17. The topological polar surface area (TPSA) is 56.0 Å². The summed E-state index contributed by atoms with van der Waals surface area (Å²) in [7, 11) is 0. The van der Waals surface area contributed by atoms with E-state index in [0.717, 1.165) is 12.0 Å². The molecule has 4 nitrogen and oxygen atoms in total. The van der Waals surface area contributed by atoms with E-state index in [1.165, 1.54) is 0 Å². The van der Waals surface area contributed by atoms with Crippen LogP contribution in [-0.2, 0) is 17.6 Å². The second-order valence-electron chi connectivity index (χ2n) is 4.37. The molecule has 1 aromatic heterocycles. The van der Waals surface area contributed by atoms with E-state index in [-0.39, 0.29) is 12.2 Å². The normalized spacial score (nSPS) is 10.6. The molecular formula is C14H15ClN2O2. The Balaban J connectivity index is 1.97. The summed E-state index contributed by atoms with van der Waals surface area (Å²) < 4.78 is 5.07. The summed E-state index contributed by atoms with van der Waals surface area (Å²) in [5.74, 6) is 1.10. The van der Waals surface area contributed by atoms with Crippen LogP contribution in [0.1, 0.15) is 37.0 Å². The summed E-state index contributed by atoms with van der Waals surface area (Å²) in [4.78, 5) is 15.7. The molecule has 2 rings (SSSR count). The zero-order chi connectivity index (χ0) is 13.7. The number of ketones is 1. The van der Waals surface area contributed by atoms with E-state index < -0.39 is 0 Å². The SMILES string of the molecule is CCCC(=O)Cc1nc(Cc2ccc(Cl)cc2)no1. The highest BCUT2D eigenvalue weighted by molar-refractivity contribution is 6.30. The molecule has 1 aromatic carbocycles. The minimum Gasteiger partial charge on any atom is -0.339 e. The second kappa shape index (κ2) is 6.48. The Morgan fingerprint density at radius 3 is 2.74 bits per heavy atom. The van der Waals surface area contributed by atoms with Crippen LogP contribution >= 0.6 is 11.6 Å². The van der Waals surface area contributed by atoms with Gasteiger partial charge in [0.25, 0.3) is 0 Å². The third kappa shape index (κ3) is 4.17. The minimum atomic E-state index is 0.129. The fraction of sp³-hybridized carbons (Fsp3) is 0.357. The Kier molecular flexibility index (Phi) is 4.68. The molecule has 0 spiro atoms. The number of nitrogens with zero attached hydrogens (tertiary/aromatic N) is 2. The predicted molar refractivity (Wildman–Crippen MR) is 72.2 cm³/mol. The lowest BCUT2D eigenvalue weighted by Gasteiger charge is -1.96. The van der Waals surface area contributed by atoms with Gasteiger partial charge in [-0.2, -0.15) is 4.98 Å². The van der Waals surface area contributed by atoms with Crippen molar-refractivity contribution < 1.29 is 9.32 Å². The summed E-state index contributed by atoms with van der Waals surface area (Å²) in [6, 6.07) is 7.48. The second-order valence-corrected chi connectivity index (χ2v) is 4.81. The van der Waals surface area contributed by atoms with Crippen LogP contribution in [0.25, 0.3) is 0 Å². The highest BCUT2D eigenvalue weighted by atomic mass is 35.5. The van der Waals surface area contributed by atoms with Gasteiger partial charge in [0.1, 0.15) is 5.78 Å². The maximum atomic E-state index is 11.5. The van der Waals surface area contributed by atoms with E-state index in [1.807, 2.05) is 31.2 Å². The quantitative estimate of drug-likeness (QED) is 0.814. The molecule has 19 heavy (non-hydrogen) atoms. The number of hydrogen-bond acceptors (Lipinski definition) is 4. The molecule has 0 atom stereocenters. The number of carbonyl (C=O) groups excluding carboxylic acids is 1. The maximum absolute atomic E-state index is 11.5. The number of benzene rings is 1. The largest absolute Gasteiger partial charge is 0.339 e. The highest BCUT2D eigenvalue weighted by Gasteiger charge is 2.11. The molecule has 0 aliphatic carbocycles. The Morgan fingerprint density at radius 2 is 2.05 bits per heavy atom. The molecule has 5 heteroatoms. The van der Waals surface area contributed by atoms with Gasteiger partial charge in [-0.1, -0.05) is 35.8 Å². The van der Waals surface area contributed by atoms with Crippen molar-refractivity contribution in [2.45, 2.75) is 32.6 Å². The standard InChI is InChI=1S/C14H15ClN2O2/c1-2-3-12(18)9-14-16-13(17-19-14)8-10-4-6-11(15)7-5-10/h4-7H,2-3,8-9H2,1H3. The first kappa shape index (κ1) is 13.7. The number of hydrogen-bond donors (Lipinski definition) is 0. The van der Waals surface area contributed by atoms with Crippen LogP contribution in [0.4, 0.5) is 0 Å². The molecule has 0 unspecified atom stereocenters. The molecule has 0 amide bonds. The van der Waals surface area contributed by atoms with Crippen molar-refractivity contribution in [3.63, 3.8) is 0 Å². The molecule has 0 aliphatic rings. The summed E-state index contributed by atoms with van der Waals surface area (Å²) in [5.41, 5.74) is 1.05. The van der Waals surface area contributed by atoms with Gasteiger partial charge < -0.3 is 4.52 Å². The van der Waals surface area contributed by atoms with E-state index in [0.29, 0.717) is 29.6 Å². The Bertz CT molecular complexity index is 549. The number of rotatable bonds is 6. The van der Waals surface area contributed by atoms with Crippen LogP contribution in [0.3, 0.4) is 0 Å². The van der Waals surface area contributed by atoms with E-state index in [2.05, 4.69) is 10.1 Å². The molecule has 0 saturated heterocycles. The van der Waals surface area contributed by atoms with Crippen molar-refractivity contribution in [2.75, 3.05) is 0 Å². The maximum Gasteiger partial charge on any atom is 0.234 e. The van der Waals surface area contributed by atoms with Crippen molar-refractivity contribution in [3.8, 4) is 0 Å². The number of Topliss-reactive ketones (excluding diaryl/α,β-unsaturated/α-hetero) is 1. The number of carbonyl (C=O) groups is 1. The van der Waals surface area contributed by atoms with Gasteiger partial charge in [0.05, 0.1) is 6.42 Å². The molecule has 100 valence electrons. The van der Waals surface area contributed by atoms with Crippen LogP contribution in [0.15, 0.2) is 28.8 Å². The highest BCUT2D eigenvalue weighted by Crippen LogP contribution is 2.12. The first-order valence-corrected chi connectivity index (χ1v) is 6.62. The Morgan fingerprint density at radius 1 is 1.32 bits per heavy atom. The molecule has 0 bridgehead atoms. The van der Waals surface area contributed by atoms with Crippen LogP contribution in [0, 0.1) is 0 Å². The van der Waals surface area contributed by atoms with Crippen molar-refractivity contribution in [2.24, 2.45) is 0 Å². The third-order valence-corrected chi connectivity index (χ3v) is 2.91. The number of aromatic nitrogens is 2. The summed E-state index contributed by atoms with van der Waals surface area (Å²) in [5, 5.41) is 4.57. The van der Waals surface area contributed by atoms with Crippen LogP contribution in [-0.4, -0.2) is 15.9 Å². The molecule has 0 radical (unpaired) electrons. The van der Waals surface area contributed by atoms with E-state index >= 15 is 0 Å². The minimum absolute atomic E-state index is 0.129. The summed E-state index contributed by atoms with van der Waals surface area (Å²) in [6.07, 6.45) is 2.18. The molecule has 2 aromatic rings. The van der Waals surface area contributed by atoms with Crippen molar-refractivity contribution >= 4 is 17.4 Å². The fourth-order valence-corrected chi connectivity index (χ4v) is 1.88. The van der Waals surface area contributed by atoms with Gasteiger partial charge in [-0.15, -0.1) is 0 Å². The van der Waals surface area contributed by atoms with Gasteiger partial charge in [0.2, 0.25) is 5.89 Å². The smallest absolute Gasteiger partial charge is 0.234 e. The predicted octanol–water partition coefficient (Wildman–Crippen LogP) is 3.23. The molecule has 0 aliphatic heterocycles. The molecule has 1 heterocycles. The van der Waals surface area contributed by atoms with Crippen LogP contribution < -0.4 is 0 Å². The van der Waals surface area contributed by atoms with Gasteiger partial charge in [0.15, 0.2) is 5.82 Å². The van der Waals surface area contributed by atoms with Crippen molar-refractivity contribution in [3.05, 3.63) is 46.6 Å². The van der Waals surface area contributed by atoms with E-state index in [9.17, 15) is 4.79 Å². The van der Waals surface area contributed by atoms with E-state index in [4.69, 9.17) is 16.1 Å². The van der Waals surface area contributed by atoms with Crippen LogP contribution in [0.5, 0.6) is 0 Å². The average Bonchev–Trinajstić information content (AvgIpc) is 2.80. The lowest BCUT2D eigenvalue weighted by atomic mass is 10.1. The van der Waals surface area contributed by atoms with Gasteiger partial charge in [-0.05, 0) is 24.1 Å². The monoisotopic (exact) mass is 278 g/mol. The zero-order valence-electron chi connectivity index (χ0n) is 10.7. The first-order valence-electron chi connectivity index (χ1n) is 6.25. The fourth-order valence-electron chi connectivity index (χ4n) is 1.75. The summed E-state index contributed by atoms with van der Waals surface area (Å²) >= 11 is 5.82. The molecule has 0 N–H and O–H groups in total. The van der Waals surface area contributed by atoms with E-state index in [1.54, 1.807) is 0 Å². The van der Waals surface area contributed by atoms with Gasteiger partial charge >= 0.3 is 0 Å². The van der Waals surface area contributed by atoms with Gasteiger partial charge in [-0.3, -0.25) is 4.79 Å². The van der Waals surface area contributed by atoms with Gasteiger partial charge in [-0.25, -0.2) is 0 Å². The lowest BCUT2D eigenvalue weighted by Crippen LogP contribution is -2.02. The molecule has 0 fully saturated rings. The third-order valence-electron chi connectivity index (χ3n) is 2.66. The van der Waals surface area contributed by atoms with Crippen molar-refractivity contribution in [1.29, 1.82) is 0 Å². The van der Waals surface area contributed by atoms with Gasteiger partial charge in [0, 0.05) is 17.9 Å². The Labute approximate surface area is 116 Å². The van der Waals surface area contributed by atoms with Crippen LogP contribution in [0.2, 0.25) is 5.02 Å². The lowest BCUT2D eigenvalue weighted by molar-refractivity contribution is -0.118. The average molecular weight is 279 g/mol. The summed E-state index contributed by atoms with van der Waals surface area (Å²) in [6.45, 7) is 1.97.